The third-order valence-corrected chi connectivity index (χ3v) is 3.22. The Bertz CT molecular complexity index is 523. The molecule has 0 saturated heterocycles. The second-order valence-corrected chi connectivity index (χ2v) is 4.36. The van der Waals surface area contributed by atoms with E-state index in [1.165, 1.54) is 0 Å². The molecule has 2 rings (SSSR count). The number of nitrogens with one attached hydrogen (secondary N) is 1. The number of hydrogen-bond acceptors (Lipinski definition) is 2. The van der Waals surface area contributed by atoms with Gasteiger partial charge in [-0.05, 0) is 19.3 Å². The average molecular weight is 276 g/mol. The molecule has 7 heteroatoms. The molecule has 2 atom stereocenters. The second kappa shape index (κ2) is 5.03. The van der Waals surface area contributed by atoms with Gasteiger partial charge in [0.05, 0.1) is 12.0 Å². The van der Waals surface area contributed by atoms with E-state index < -0.39 is 46.7 Å². The highest BCUT2D eigenvalue weighted by Gasteiger charge is 2.31. The summed E-state index contributed by atoms with van der Waals surface area (Å²) in [6.07, 6.45) is 1.63. The molecule has 2 unspecified atom stereocenters. The molecule has 2 nitrogen and oxygen atoms in total. The summed E-state index contributed by atoms with van der Waals surface area (Å²) >= 11 is 0. The van der Waals surface area contributed by atoms with Gasteiger partial charge in [0.2, 0.25) is 5.82 Å². The van der Waals surface area contributed by atoms with Crippen molar-refractivity contribution in [3.05, 3.63) is 29.1 Å². The van der Waals surface area contributed by atoms with Crippen LogP contribution in [-0.2, 0) is 0 Å². The number of rotatable bonds is 2. The molecule has 1 N–H and O–H groups in total. The molecule has 0 radical (unpaired) electrons. The molecule has 0 spiro atoms. The molecule has 0 aromatic heterocycles. The number of hydrogen-bond donors (Lipinski definition) is 1. The van der Waals surface area contributed by atoms with Gasteiger partial charge in [0.25, 0.3) is 0 Å². The maximum atomic E-state index is 13.4. The van der Waals surface area contributed by atoms with Crippen molar-refractivity contribution in [2.75, 3.05) is 5.32 Å². The van der Waals surface area contributed by atoms with Crippen molar-refractivity contribution in [1.82, 2.24) is 0 Å². The Labute approximate surface area is 105 Å². The first kappa shape index (κ1) is 13.6. The highest BCUT2D eigenvalue weighted by molar-refractivity contribution is 5.49. The van der Waals surface area contributed by atoms with E-state index >= 15 is 0 Å². The van der Waals surface area contributed by atoms with Crippen molar-refractivity contribution in [3.8, 4) is 6.07 Å². The van der Waals surface area contributed by atoms with Crippen LogP contribution in [-0.4, -0.2) is 6.04 Å². The van der Waals surface area contributed by atoms with Crippen LogP contribution in [0.5, 0.6) is 0 Å². The summed E-state index contributed by atoms with van der Waals surface area (Å²) in [4.78, 5) is 0. The van der Waals surface area contributed by atoms with Crippen LogP contribution < -0.4 is 5.32 Å². The fourth-order valence-electron chi connectivity index (χ4n) is 2.20. The monoisotopic (exact) mass is 276 g/mol. The predicted molar refractivity (Wildman–Crippen MR) is 56.6 cm³/mol. The van der Waals surface area contributed by atoms with Crippen molar-refractivity contribution < 1.29 is 22.0 Å². The molecule has 1 aromatic carbocycles. The Balaban J connectivity index is 2.38. The van der Waals surface area contributed by atoms with E-state index in [4.69, 9.17) is 5.26 Å². The van der Waals surface area contributed by atoms with Crippen LogP contribution in [0.1, 0.15) is 19.3 Å². The summed E-state index contributed by atoms with van der Waals surface area (Å²) in [6.45, 7) is 0. The van der Waals surface area contributed by atoms with E-state index in [0.717, 1.165) is 0 Å². The zero-order chi connectivity index (χ0) is 14.2. The molecule has 1 aliphatic carbocycles. The van der Waals surface area contributed by atoms with Gasteiger partial charge in [0, 0.05) is 6.04 Å². The van der Waals surface area contributed by atoms with Crippen molar-refractivity contribution >= 4 is 5.69 Å². The highest BCUT2D eigenvalue weighted by Crippen LogP contribution is 2.32. The molecular weight excluding hydrogens is 267 g/mol. The van der Waals surface area contributed by atoms with Gasteiger partial charge in [-0.3, -0.25) is 0 Å². The fourth-order valence-corrected chi connectivity index (χ4v) is 2.20. The van der Waals surface area contributed by atoms with Gasteiger partial charge in [-0.2, -0.15) is 5.26 Å². The van der Waals surface area contributed by atoms with E-state index in [0.29, 0.717) is 19.3 Å². The fraction of sp³-hybridized carbons (Fsp3) is 0.417. The van der Waals surface area contributed by atoms with Gasteiger partial charge in [-0.15, -0.1) is 0 Å². The molecule has 0 heterocycles. The van der Waals surface area contributed by atoms with Crippen LogP contribution >= 0.6 is 0 Å². The first-order valence-corrected chi connectivity index (χ1v) is 5.65. The lowest BCUT2D eigenvalue weighted by Gasteiger charge is -2.18. The number of halogens is 5. The summed E-state index contributed by atoms with van der Waals surface area (Å²) in [5.74, 6) is -10.5. The molecule has 0 bridgehead atoms. The predicted octanol–water partition coefficient (Wildman–Crippen LogP) is 3.49. The Hall–Kier alpha value is -1.84. The molecule has 1 saturated carbocycles. The van der Waals surface area contributed by atoms with E-state index in [-0.39, 0.29) is 0 Å². The summed E-state index contributed by atoms with van der Waals surface area (Å²) in [6, 6.07) is 1.33. The third kappa shape index (κ3) is 2.23. The topological polar surface area (TPSA) is 35.8 Å². The third-order valence-electron chi connectivity index (χ3n) is 3.22. The SMILES string of the molecule is N#CC1CCCC1Nc1c(F)c(F)c(F)c(F)c1F. The van der Waals surface area contributed by atoms with Crippen molar-refractivity contribution in [2.45, 2.75) is 25.3 Å². The molecule has 1 aliphatic rings. The van der Waals surface area contributed by atoms with Crippen LogP contribution in [0.3, 0.4) is 0 Å². The van der Waals surface area contributed by atoms with Crippen LogP contribution in [0.4, 0.5) is 27.6 Å². The lowest BCUT2D eigenvalue weighted by molar-refractivity contribution is 0.380. The Kier molecular flexibility index (Phi) is 3.60. The molecule has 0 aliphatic heterocycles. The summed E-state index contributed by atoms with van der Waals surface area (Å²) in [5, 5.41) is 11.1. The smallest absolute Gasteiger partial charge is 0.200 e. The maximum absolute atomic E-state index is 13.4. The minimum absolute atomic E-state index is 0.442. The number of anilines is 1. The van der Waals surface area contributed by atoms with E-state index in [1.54, 1.807) is 0 Å². The largest absolute Gasteiger partial charge is 0.376 e. The number of nitriles is 1. The van der Waals surface area contributed by atoms with E-state index in [9.17, 15) is 22.0 Å². The van der Waals surface area contributed by atoms with Gasteiger partial charge in [-0.1, -0.05) is 0 Å². The quantitative estimate of drug-likeness (QED) is 0.510. The number of benzene rings is 1. The Morgan fingerprint density at radius 1 is 0.895 bits per heavy atom. The minimum Gasteiger partial charge on any atom is -0.376 e. The van der Waals surface area contributed by atoms with E-state index in [2.05, 4.69) is 5.32 Å². The molecular formula is C12H9F5N2. The molecule has 1 fully saturated rings. The lowest BCUT2D eigenvalue weighted by atomic mass is 10.1. The summed E-state index contributed by atoms with van der Waals surface area (Å²) in [7, 11) is 0. The summed E-state index contributed by atoms with van der Waals surface area (Å²) < 4.78 is 65.7. The van der Waals surface area contributed by atoms with Crippen LogP contribution in [0.25, 0.3) is 0 Å². The second-order valence-electron chi connectivity index (χ2n) is 4.36. The van der Waals surface area contributed by atoms with Gasteiger partial charge in [0.1, 0.15) is 5.69 Å². The number of nitrogens with zero attached hydrogens (tertiary/aromatic N) is 1. The van der Waals surface area contributed by atoms with Gasteiger partial charge in [-0.25, -0.2) is 22.0 Å². The highest BCUT2D eigenvalue weighted by atomic mass is 19.2. The molecule has 102 valence electrons. The average Bonchev–Trinajstić information content (AvgIpc) is 2.86. The van der Waals surface area contributed by atoms with Crippen LogP contribution in [0.15, 0.2) is 0 Å². The van der Waals surface area contributed by atoms with Crippen molar-refractivity contribution in [1.29, 1.82) is 5.26 Å². The normalized spacial score (nSPS) is 22.3. The lowest BCUT2D eigenvalue weighted by Crippen LogP contribution is -2.25. The maximum Gasteiger partial charge on any atom is 0.200 e. The van der Waals surface area contributed by atoms with Gasteiger partial charge in [0.15, 0.2) is 23.3 Å². The Morgan fingerprint density at radius 3 is 1.95 bits per heavy atom. The molecule has 1 aromatic rings. The standard InChI is InChI=1S/C12H9F5N2/c13-7-8(14)10(16)12(11(17)9(7)15)19-6-3-1-2-5(6)4-18/h5-6,19H,1-3H2. The van der Waals surface area contributed by atoms with Crippen molar-refractivity contribution in [3.63, 3.8) is 0 Å². The summed E-state index contributed by atoms with van der Waals surface area (Å²) in [5.41, 5.74) is -1.07. The molecule has 0 amide bonds. The molecule has 19 heavy (non-hydrogen) atoms. The zero-order valence-corrected chi connectivity index (χ0v) is 9.61. The van der Waals surface area contributed by atoms with Crippen molar-refractivity contribution in [2.24, 2.45) is 5.92 Å². The van der Waals surface area contributed by atoms with Gasteiger partial charge >= 0.3 is 0 Å². The van der Waals surface area contributed by atoms with Crippen LogP contribution in [0, 0.1) is 46.3 Å². The van der Waals surface area contributed by atoms with Crippen LogP contribution in [0.2, 0.25) is 0 Å². The first-order valence-electron chi connectivity index (χ1n) is 5.65. The first-order chi connectivity index (χ1) is 8.97. The minimum atomic E-state index is -2.19. The Morgan fingerprint density at radius 2 is 1.42 bits per heavy atom. The van der Waals surface area contributed by atoms with Gasteiger partial charge < -0.3 is 5.32 Å². The zero-order valence-electron chi connectivity index (χ0n) is 9.61. The van der Waals surface area contributed by atoms with E-state index in [1.807, 2.05) is 6.07 Å².